The van der Waals surface area contributed by atoms with Crippen LogP contribution >= 0.6 is 12.4 Å². The first-order chi connectivity index (χ1) is 9.66. The molecule has 0 bridgehead atoms. The highest BCUT2D eigenvalue weighted by Crippen LogP contribution is 2.28. The Kier molecular flexibility index (Phi) is 5.12. The minimum absolute atomic E-state index is 0. The van der Waals surface area contributed by atoms with E-state index in [1.807, 2.05) is 24.3 Å². The third kappa shape index (κ3) is 3.69. The molecule has 4 nitrogen and oxygen atoms in total. The molecule has 1 aliphatic carbocycles. The van der Waals surface area contributed by atoms with Crippen LogP contribution in [0.5, 0.6) is 5.75 Å². The minimum atomic E-state index is -0.403. The molecule has 0 spiro atoms. The van der Waals surface area contributed by atoms with Gasteiger partial charge in [0.05, 0.1) is 0 Å². The highest BCUT2D eigenvalue weighted by Gasteiger charge is 2.32. The Morgan fingerprint density at radius 3 is 2.71 bits per heavy atom. The zero-order chi connectivity index (χ0) is 14.0. The van der Waals surface area contributed by atoms with Gasteiger partial charge in [-0.2, -0.15) is 0 Å². The van der Waals surface area contributed by atoms with E-state index >= 15 is 0 Å². The summed E-state index contributed by atoms with van der Waals surface area (Å²) in [4.78, 5) is 12.2. The summed E-state index contributed by atoms with van der Waals surface area (Å²) in [5.41, 5.74) is 7.22. The van der Waals surface area contributed by atoms with Gasteiger partial charge < -0.3 is 15.8 Å². The van der Waals surface area contributed by atoms with Gasteiger partial charge in [-0.25, -0.2) is 0 Å². The summed E-state index contributed by atoms with van der Waals surface area (Å²) in [6.45, 7) is 0.558. The van der Waals surface area contributed by atoms with Gasteiger partial charge in [-0.3, -0.25) is 4.79 Å². The summed E-state index contributed by atoms with van der Waals surface area (Å²) < 4.78 is 5.69. The third-order valence-electron chi connectivity index (χ3n) is 4.40. The van der Waals surface area contributed by atoms with Gasteiger partial charge in [0.25, 0.3) is 5.91 Å². The maximum atomic E-state index is 12.2. The Morgan fingerprint density at radius 2 is 2.00 bits per heavy atom. The molecule has 1 aliphatic heterocycles. The largest absolute Gasteiger partial charge is 0.480 e. The van der Waals surface area contributed by atoms with Crippen LogP contribution in [0.4, 0.5) is 0 Å². The normalized spacial score (nSPS) is 22.6. The Balaban J connectivity index is 0.00000161. The smallest absolute Gasteiger partial charge is 0.261 e. The van der Waals surface area contributed by atoms with Crippen molar-refractivity contribution in [3.8, 4) is 5.75 Å². The van der Waals surface area contributed by atoms with Gasteiger partial charge in [0, 0.05) is 18.5 Å². The molecule has 0 radical (unpaired) electrons. The van der Waals surface area contributed by atoms with E-state index in [1.54, 1.807) is 0 Å². The molecule has 1 aromatic carbocycles. The molecule has 3 rings (SSSR count). The van der Waals surface area contributed by atoms with Crippen molar-refractivity contribution in [2.24, 2.45) is 5.73 Å². The predicted molar refractivity (Wildman–Crippen MR) is 84.8 cm³/mol. The van der Waals surface area contributed by atoms with Gasteiger partial charge in [-0.05, 0) is 24.5 Å². The molecule has 0 aromatic heterocycles. The topological polar surface area (TPSA) is 64.3 Å². The number of hydrogen-bond donors (Lipinski definition) is 2. The summed E-state index contributed by atoms with van der Waals surface area (Å²) in [6.07, 6.45) is 5.83. The minimum Gasteiger partial charge on any atom is -0.480 e. The fourth-order valence-corrected chi connectivity index (χ4v) is 3.14. The van der Waals surface area contributed by atoms with Crippen molar-refractivity contribution in [1.82, 2.24) is 5.32 Å². The zero-order valence-corrected chi connectivity index (χ0v) is 13.0. The summed E-state index contributed by atoms with van der Waals surface area (Å²) in [7, 11) is 0. The Bertz CT molecular complexity index is 476. The van der Waals surface area contributed by atoms with Crippen LogP contribution in [0.25, 0.3) is 0 Å². The van der Waals surface area contributed by atoms with Gasteiger partial charge in [0.2, 0.25) is 0 Å². The zero-order valence-electron chi connectivity index (χ0n) is 12.1. The maximum Gasteiger partial charge on any atom is 0.261 e. The fraction of sp³-hybridized carbons (Fsp3) is 0.562. The number of hydrogen-bond acceptors (Lipinski definition) is 3. The number of carbonyl (C=O) groups excluding carboxylic acids is 1. The van der Waals surface area contributed by atoms with Crippen molar-refractivity contribution in [2.75, 3.05) is 6.54 Å². The molecule has 1 fully saturated rings. The molecule has 1 atom stereocenters. The SMILES string of the molecule is Cl.NC1(CNC(=O)C2Cc3ccccc3O2)CCCCC1. The van der Waals surface area contributed by atoms with Crippen LogP contribution in [0.2, 0.25) is 0 Å². The molecule has 21 heavy (non-hydrogen) atoms. The summed E-state index contributed by atoms with van der Waals surface area (Å²) >= 11 is 0. The first-order valence-electron chi connectivity index (χ1n) is 7.47. The average Bonchev–Trinajstić information content (AvgIpc) is 2.89. The monoisotopic (exact) mass is 310 g/mol. The summed E-state index contributed by atoms with van der Waals surface area (Å²) in [6, 6.07) is 7.82. The van der Waals surface area contributed by atoms with Crippen molar-refractivity contribution in [2.45, 2.75) is 50.2 Å². The van der Waals surface area contributed by atoms with Gasteiger partial charge in [0.1, 0.15) is 5.75 Å². The van der Waals surface area contributed by atoms with E-state index in [2.05, 4.69) is 5.32 Å². The molecule has 2 aliphatic rings. The molecular weight excluding hydrogens is 288 g/mol. The van der Waals surface area contributed by atoms with Gasteiger partial charge in [-0.1, -0.05) is 37.5 Å². The Labute approximate surface area is 131 Å². The lowest BCUT2D eigenvalue weighted by molar-refractivity contribution is -0.127. The van der Waals surface area contributed by atoms with Crippen LogP contribution in [-0.2, 0) is 11.2 Å². The third-order valence-corrected chi connectivity index (χ3v) is 4.40. The second kappa shape index (κ2) is 6.67. The van der Waals surface area contributed by atoms with Gasteiger partial charge in [0.15, 0.2) is 6.10 Å². The van der Waals surface area contributed by atoms with Crippen molar-refractivity contribution in [1.29, 1.82) is 0 Å². The number of amides is 1. The van der Waals surface area contributed by atoms with Crippen LogP contribution in [0.1, 0.15) is 37.7 Å². The number of halogens is 1. The lowest BCUT2D eigenvalue weighted by Gasteiger charge is -2.33. The number of nitrogens with two attached hydrogens (primary N) is 1. The molecule has 116 valence electrons. The van der Waals surface area contributed by atoms with Crippen LogP contribution in [-0.4, -0.2) is 24.1 Å². The second-order valence-corrected chi connectivity index (χ2v) is 6.06. The van der Waals surface area contributed by atoms with Crippen molar-refractivity contribution < 1.29 is 9.53 Å². The molecule has 1 heterocycles. The number of carbonyl (C=O) groups is 1. The van der Waals surface area contributed by atoms with E-state index in [0.717, 1.165) is 37.0 Å². The number of rotatable bonds is 3. The molecule has 1 aromatic rings. The maximum absolute atomic E-state index is 12.2. The number of para-hydroxylation sites is 1. The molecule has 5 heteroatoms. The van der Waals surface area contributed by atoms with Crippen LogP contribution in [0.3, 0.4) is 0 Å². The van der Waals surface area contributed by atoms with E-state index in [1.165, 1.54) is 6.42 Å². The molecule has 1 saturated carbocycles. The molecular formula is C16H23ClN2O2. The Morgan fingerprint density at radius 1 is 1.29 bits per heavy atom. The Hall–Kier alpha value is -1.26. The fourth-order valence-electron chi connectivity index (χ4n) is 3.14. The molecule has 1 unspecified atom stereocenters. The van der Waals surface area contributed by atoms with E-state index in [-0.39, 0.29) is 23.9 Å². The number of benzene rings is 1. The van der Waals surface area contributed by atoms with E-state index in [9.17, 15) is 4.79 Å². The van der Waals surface area contributed by atoms with Crippen LogP contribution < -0.4 is 15.8 Å². The van der Waals surface area contributed by atoms with Crippen molar-refractivity contribution in [3.63, 3.8) is 0 Å². The number of fused-ring (bicyclic) bond motifs is 1. The first-order valence-corrected chi connectivity index (χ1v) is 7.47. The van der Waals surface area contributed by atoms with Crippen LogP contribution in [0.15, 0.2) is 24.3 Å². The van der Waals surface area contributed by atoms with Crippen molar-refractivity contribution in [3.05, 3.63) is 29.8 Å². The van der Waals surface area contributed by atoms with Gasteiger partial charge >= 0.3 is 0 Å². The van der Waals surface area contributed by atoms with E-state index in [0.29, 0.717) is 13.0 Å². The molecule has 0 saturated heterocycles. The summed E-state index contributed by atoms with van der Waals surface area (Å²) in [5, 5.41) is 2.98. The van der Waals surface area contributed by atoms with Gasteiger partial charge in [-0.15, -0.1) is 12.4 Å². The number of nitrogens with one attached hydrogen (secondary N) is 1. The highest BCUT2D eigenvalue weighted by atomic mass is 35.5. The first kappa shape index (κ1) is 16.1. The summed E-state index contributed by atoms with van der Waals surface area (Å²) in [5.74, 6) is 0.782. The van der Waals surface area contributed by atoms with Crippen LogP contribution in [0, 0.1) is 0 Å². The lowest BCUT2D eigenvalue weighted by Crippen LogP contribution is -2.53. The lowest BCUT2D eigenvalue weighted by atomic mass is 9.82. The molecule has 3 N–H and O–H groups in total. The number of ether oxygens (including phenoxy) is 1. The predicted octanol–water partition coefficient (Wildman–Crippen LogP) is 2.19. The van der Waals surface area contributed by atoms with E-state index in [4.69, 9.17) is 10.5 Å². The standard InChI is InChI=1S/C16H22N2O2.ClH/c17-16(8-4-1-5-9-16)11-18-15(19)14-10-12-6-2-3-7-13(12)20-14;/h2-3,6-7,14H,1,4-5,8-11,17H2,(H,18,19);1H. The second-order valence-electron chi connectivity index (χ2n) is 6.06. The van der Waals surface area contributed by atoms with Crippen molar-refractivity contribution >= 4 is 18.3 Å². The molecule has 1 amide bonds. The van der Waals surface area contributed by atoms with E-state index < -0.39 is 6.10 Å². The highest BCUT2D eigenvalue weighted by molar-refractivity contribution is 5.85. The quantitative estimate of drug-likeness (QED) is 0.899. The average molecular weight is 311 g/mol.